The van der Waals surface area contributed by atoms with Crippen LogP contribution in [0.5, 0.6) is 0 Å². The zero-order valence-electron chi connectivity index (χ0n) is 13.2. The van der Waals surface area contributed by atoms with Gasteiger partial charge >= 0.3 is 0 Å². The summed E-state index contributed by atoms with van der Waals surface area (Å²) >= 11 is 0. The molecule has 4 heteroatoms. The molecule has 0 spiro atoms. The van der Waals surface area contributed by atoms with Crippen molar-refractivity contribution in [2.45, 2.75) is 45.8 Å². The molecule has 2 atom stereocenters. The second kappa shape index (κ2) is 8.90. The smallest absolute Gasteiger partial charge is 0.0791 e. The number of aliphatic hydroxyl groups excluding tert-OH is 1. The van der Waals surface area contributed by atoms with Crippen LogP contribution in [-0.2, 0) is 0 Å². The van der Waals surface area contributed by atoms with Crippen LogP contribution in [0, 0.1) is 5.92 Å². The van der Waals surface area contributed by atoms with Gasteiger partial charge in [0.05, 0.1) is 6.10 Å². The molecule has 2 unspecified atom stereocenters. The summed E-state index contributed by atoms with van der Waals surface area (Å²) in [5.41, 5.74) is 0. The molecule has 19 heavy (non-hydrogen) atoms. The van der Waals surface area contributed by atoms with Gasteiger partial charge in [0.15, 0.2) is 0 Å². The van der Waals surface area contributed by atoms with Crippen molar-refractivity contribution in [1.29, 1.82) is 0 Å². The SMILES string of the molecule is CCN1CCCC1CN(C)CC(O)CNCC(C)C. The third-order valence-corrected chi connectivity index (χ3v) is 3.88. The highest BCUT2D eigenvalue weighted by Gasteiger charge is 2.24. The molecule has 0 aromatic rings. The lowest BCUT2D eigenvalue weighted by Gasteiger charge is -2.29. The summed E-state index contributed by atoms with van der Waals surface area (Å²) in [5.74, 6) is 0.640. The van der Waals surface area contributed by atoms with E-state index in [1.165, 1.54) is 19.4 Å². The molecule has 0 aromatic carbocycles. The number of likely N-dealkylation sites (tertiary alicyclic amines) is 1. The van der Waals surface area contributed by atoms with Gasteiger partial charge in [0.2, 0.25) is 0 Å². The molecule has 1 rings (SSSR count). The van der Waals surface area contributed by atoms with Gasteiger partial charge < -0.3 is 15.3 Å². The van der Waals surface area contributed by atoms with E-state index >= 15 is 0 Å². The lowest BCUT2D eigenvalue weighted by atomic mass is 10.2. The molecule has 114 valence electrons. The first-order chi connectivity index (χ1) is 9.02. The molecule has 2 N–H and O–H groups in total. The predicted molar refractivity (Wildman–Crippen MR) is 81.5 cm³/mol. The molecule has 1 aliphatic heterocycles. The minimum Gasteiger partial charge on any atom is -0.390 e. The van der Waals surface area contributed by atoms with E-state index in [2.05, 4.69) is 42.9 Å². The monoisotopic (exact) mass is 271 g/mol. The number of likely N-dealkylation sites (N-methyl/N-ethyl adjacent to an activating group) is 2. The topological polar surface area (TPSA) is 38.7 Å². The molecule has 1 heterocycles. The van der Waals surface area contributed by atoms with Crippen molar-refractivity contribution in [1.82, 2.24) is 15.1 Å². The van der Waals surface area contributed by atoms with Gasteiger partial charge in [-0.3, -0.25) is 4.90 Å². The quantitative estimate of drug-likeness (QED) is 0.656. The summed E-state index contributed by atoms with van der Waals surface area (Å²) in [6, 6.07) is 0.686. The van der Waals surface area contributed by atoms with Crippen molar-refractivity contribution in [3.63, 3.8) is 0 Å². The number of hydrogen-bond donors (Lipinski definition) is 2. The van der Waals surface area contributed by atoms with E-state index in [1.807, 2.05) is 0 Å². The second-order valence-corrected chi connectivity index (χ2v) is 6.35. The summed E-state index contributed by atoms with van der Waals surface area (Å²) in [7, 11) is 2.12. The van der Waals surface area contributed by atoms with Gasteiger partial charge in [-0.05, 0) is 45.4 Å². The van der Waals surface area contributed by atoms with Crippen molar-refractivity contribution in [2.24, 2.45) is 5.92 Å². The first-order valence-electron chi connectivity index (χ1n) is 7.84. The minimum absolute atomic E-state index is 0.264. The van der Waals surface area contributed by atoms with E-state index in [1.54, 1.807) is 0 Å². The normalized spacial score (nSPS) is 22.6. The summed E-state index contributed by atoms with van der Waals surface area (Å²) in [6.07, 6.45) is 2.37. The van der Waals surface area contributed by atoms with E-state index in [9.17, 15) is 5.11 Å². The zero-order chi connectivity index (χ0) is 14.3. The largest absolute Gasteiger partial charge is 0.390 e. The van der Waals surface area contributed by atoms with E-state index in [0.29, 0.717) is 18.5 Å². The Labute approximate surface area is 119 Å². The predicted octanol–water partition coefficient (Wildman–Crippen LogP) is 1.01. The van der Waals surface area contributed by atoms with Crippen LogP contribution in [0.1, 0.15) is 33.6 Å². The Balaban J connectivity index is 2.17. The molecule has 0 aliphatic carbocycles. The maximum absolute atomic E-state index is 10.0. The summed E-state index contributed by atoms with van der Waals surface area (Å²) in [5, 5.41) is 13.3. The van der Waals surface area contributed by atoms with Crippen molar-refractivity contribution in [2.75, 3.05) is 46.3 Å². The highest BCUT2D eigenvalue weighted by Crippen LogP contribution is 2.17. The fraction of sp³-hybridized carbons (Fsp3) is 1.00. The molecule has 4 nitrogen and oxygen atoms in total. The van der Waals surface area contributed by atoms with Crippen LogP contribution in [0.2, 0.25) is 0 Å². The maximum atomic E-state index is 10.0. The maximum Gasteiger partial charge on any atom is 0.0791 e. The molecule has 1 fully saturated rings. The molecule has 1 aliphatic rings. The van der Waals surface area contributed by atoms with Gasteiger partial charge in [-0.25, -0.2) is 0 Å². The molecular weight excluding hydrogens is 238 g/mol. The molecule has 0 bridgehead atoms. The Morgan fingerprint density at radius 1 is 1.37 bits per heavy atom. The van der Waals surface area contributed by atoms with Crippen LogP contribution in [-0.4, -0.2) is 73.4 Å². The Morgan fingerprint density at radius 3 is 2.74 bits per heavy atom. The van der Waals surface area contributed by atoms with Gasteiger partial charge in [-0.1, -0.05) is 20.8 Å². The van der Waals surface area contributed by atoms with Crippen molar-refractivity contribution < 1.29 is 5.11 Å². The number of rotatable bonds is 9. The fourth-order valence-electron chi connectivity index (χ4n) is 2.92. The third kappa shape index (κ3) is 6.70. The molecule has 1 saturated heterocycles. The summed E-state index contributed by atoms with van der Waals surface area (Å²) in [4.78, 5) is 4.83. The molecule has 0 amide bonds. The van der Waals surface area contributed by atoms with Crippen LogP contribution in [0.15, 0.2) is 0 Å². The average molecular weight is 271 g/mol. The second-order valence-electron chi connectivity index (χ2n) is 6.35. The van der Waals surface area contributed by atoms with E-state index in [0.717, 1.165) is 26.2 Å². The van der Waals surface area contributed by atoms with Gasteiger partial charge in [-0.2, -0.15) is 0 Å². The Kier molecular flexibility index (Phi) is 7.91. The highest BCUT2D eigenvalue weighted by atomic mass is 16.3. The molecule has 0 radical (unpaired) electrons. The number of nitrogens with zero attached hydrogens (tertiary/aromatic N) is 2. The van der Waals surface area contributed by atoms with Crippen LogP contribution < -0.4 is 5.32 Å². The number of aliphatic hydroxyl groups is 1. The number of nitrogens with one attached hydrogen (secondary N) is 1. The Hall–Kier alpha value is -0.160. The minimum atomic E-state index is -0.264. The van der Waals surface area contributed by atoms with E-state index in [4.69, 9.17) is 0 Å². The summed E-state index contributed by atoms with van der Waals surface area (Å²) in [6.45, 7) is 12.5. The first kappa shape index (κ1) is 16.9. The number of hydrogen-bond acceptors (Lipinski definition) is 4. The fourth-order valence-corrected chi connectivity index (χ4v) is 2.92. The summed E-state index contributed by atoms with van der Waals surface area (Å²) < 4.78 is 0. The van der Waals surface area contributed by atoms with Crippen molar-refractivity contribution in [3.8, 4) is 0 Å². The standard InChI is InChI=1S/C15H33N3O/c1-5-18-8-6-7-14(18)11-17(4)12-15(19)10-16-9-13(2)3/h13-16,19H,5-12H2,1-4H3. The highest BCUT2D eigenvalue weighted by molar-refractivity contribution is 4.81. The molecule has 0 saturated carbocycles. The third-order valence-electron chi connectivity index (χ3n) is 3.88. The Morgan fingerprint density at radius 2 is 2.11 bits per heavy atom. The van der Waals surface area contributed by atoms with E-state index < -0.39 is 0 Å². The first-order valence-corrected chi connectivity index (χ1v) is 7.84. The van der Waals surface area contributed by atoms with Gasteiger partial charge in [-0.15, -0.1) is 0 Å². The van der Waals surface area contributed by atoms with Crippen LogP contribution in [0.25, 0.3) is 0 Å². The van der Waals surface area contributed by atoms with Gasteiger partial charge in [0.1, 0.15) is 0 Å². The molecule has 0 aromatic heterocycles. The Bertz CT molecular complexity index is 235. The van der Waals surface area contributed by atoms with E-state index in [-0.39, 0.29) is 6.10 Å². The lowest BCUT2D eigenvalue weighted by Crippen LogP contribution is -2.43. The van der Waals surface area contributed by atoms with Crippen molar-refractivity contribution in [3.05, 3.63) is 0 Å². The average Bonchev–Trinajstić information content (AvgIpc) is 2.75. The van der Waals surface area contributed by atoms with Gasteiger partial charge in [0.25, 0.3) is 0 Å². The zero-order valence-corrected chi connectivity index (χ0v) is 13.2. The van der Waals surface area contributed by atoms with Gasteiger partial charge in [0, 0.05) is 25.7 Å². The lowest BCUT2D eigenvalue weighted by molar-refractivity contribution is 0.107. The van der Waals surface area contributed by atoms with Crippen LogP contribution in [0.3, 0.4) is 0 Å². The van der Waals surface area contributed by atoms with Crippen LogP contribution in [0.4, 0.5) is 0 Å². The van der Waals surface area contributed by atoms with Crippen molar-refractivity contribution >= 4 is 0 Å². The molecular formula is C15H33N3O. The van der Waals surface area contributed by atoms with Crippen LogP contribution >= 0.6 is 0 Å².